The average molecular weight is 264 g/mol. The van der Waals surface area contributed by atoms with Crippen LogP contribution in [0.3, 0.4) is 0 Å². The second-order valence-corrected chi connectivity index (χ2v) is 7.10. The molecule has 18 heavy (non-hydrogen) atoms. The molecular formula is C14H20N2OS. The molecule has 1 heterocycles. The molecule has 0 radical (unpaired) electrons. The molecule has 0 spiro atoms. The fraction of sp³-hybridized carbons (Fsp3) is 0.643. The van der Waals surface area contributed by atoms with E-state index in [1.807, 2.05) is 6.07 Å². The number of thiophene rings is 1. The van der Waals surface area contributed by atoms with E-state index in [0.717, 1.165) is 29.3 Å². The van der Waals surface area contributed by atoms with Crippen LogP contribution in [-0.4, -0.2) is 12.3 Å². The number of ketones is 1. The van der Waals surface area contributed by atoms with Gasteiger partial charge in [-0.2, -0.15) is 0 Å². The largest absolute Gasteiger partial charge is 0.397 e. The van der Waals surface area contributed by atoms with E-state index >= 15 is 0 Å². The van der Waals surface area contributed by atoms with Crippen LogP contribution in [-0.2, 0) is 0 Å². The Morgan fingerprint density at radius 3 is 2.83 bits per heavy atom. The highest BCUT2D eigenvalue weighted by Crippen LogP contribution is 2.42. The van der Waals surface area contributed by atoms with E-state index in [-0.39, 0.29) is 11.7 Å². The first-order chi connectivity index (χ1) is 8.57. The Morgan fingerprint density at radius 1 is 1.56 bits per heavy atom. The minimum Gasteiger partial charge on any atom is -0.397 e. The minimum atomic E-state index is 0.250. The minimum absolute atomic E-state index is 0.250. The molecule has 2 aliphatic rings. The molecule has 98 valence electrons. The van der Waals surface area contributed by atoms with Crippen LogP contribution in [0.25, 0.3) is 0 Å². The van der Waals surface area contributed by atoms with Gasteiger partial charge in [-0.15, -0.1) is 11.3 Å². The SMILES string of the molecule is CC1(CNc2cc(N)c(C(=O)C3CC3)s2)CCC1. The van der Waals surface area contributed by atoms with E-state index in [1.165, 1.54) is 30.6 Å². The van der Waals surface area contributed by atoms with Gasteiger partial charge < -0.3 is 11.1 Å². The van der Waals surface area contributed by atoms with Crippen LogP contribution in [0.2, 0.25) is 0 Å². The number of rotatable bonds is 5. The van der Waals surface area contributed by atoms with Crippen molar-refractivity contribution in [1.29, 1.82) is 0 Å². The quantitative estimate of drug-likeness (QED) is 0.800. The molecule has 0 aromatic carbocycles. The van der Waals surface area contributed by atoms with Crippen molar-refractivity contribution in [3.8, 4) is 0 Å². The molecule has 2 fully saturated rings. The Labute approximate surface area is 112 Å². The Kier molecular flexibility index (Phi) is 2.85. The summed E-state index contributed by atoms with van der Waals surface area (Å²) in [5.74, 6) is 0.503. The van der Waals surface area contributed by atoms with Gasteiger partial charge in [-0.05, 0) is 37.2 Å². The summed E-state index contributed by atoms with van der Waals surface area (Å²) in [6.07, 6.45) is 6.02. The number of Topliss-reactive ketones (excluding diaryl/α,β-unsaturated/α-hetero) is 1. The zero-order valence-electron chi connectivity index (χ0n) is 10.8. The third-order valence-electron chi connectivity index (χ3n) is 4.18. The highest BCUT2D eigenvalue weighted by atomic mass is 32.1. The highest BCUT2D eigenvalue weighted by molar-refractivity contribution is 7.18. The summed E-state index contributed by atoms with van der Waals surface area (Å²) >= 11 is 1.53. The van der Waals surface area contributed by atoms with E-state index in [4.69, 9.17) is 5.73 Å². The zero-order chi connectivity index (χ0) is 12.8. The Morgan fingerprint density at radius 2 is 2.28 bits per heavy atom. The van der Waals surface area contributed by atoms with Gasteiger partial charge in [0.15, 0.2) is 5.78 Å². The van der Waals surface area contributed by atoms with Gasteiger partial charge in [0.1, 0.15) is 0 Å². The van der Waals surface area contributed by atoms with Crippen LogP contribution in [0, 0.1) is 11.3 Å². The molecule has 0 saturated heterocycles. The lowest BCUT2D eigenvalue weighted by atomic mass is 9.70. The third kappa shape index (κ3) is 2.26. The second-order valence-electron chi connectivity index (χ2n) is 6.05. The maximum atomic E-state index is 12.0. The van der Waals surface area contributed by atoms with Gasteiger partial charge in [-0.25, -0.2) is 0 Å². The fourth-order valence-corrected chi connectivity index (χ4v) is 3.47. The van der Waals surface area contributed by atoms with Crippen LogP contribution in [0.1, 0.15) is 48.7 Å². The molecule has 2 aliphatic carbocycles. The average Bonchev–Trinajstić information content (AvgIpc) is 3.08. The molecule has 2 saturated carbocycles. The van der Waals surface area contributed by atoms with Crippen LogP contribution in [0.4, 0.5) is 10.7 Å². The molecule has 0 amide bonds. The molecule has 3 N–H and O–H groups in total. The number of carbonyl (C=O) groups excluding carboxylic acids is 1. The number of hydrogen-bond acceptors (Lipinski definition) is 4. The fourth-order valence-electron chi connectivity index (χ4n) is 2.47. The van der Waals surface area contributed by atoms with Crippen molar-refractivity contribution in [2.24, 2.45) is 11.3 Å². The lowest BCUT2D eigenvalue weighted by Crippen LogP contribution is -2.33. The number of nitrogen functional groups attached to an aromatic ring is 1. The van der Waals surface area contributed by atoms with Gasteiger partial charge in [0, 0.05) is 12.5 Å². The first-order valence-electron chi connectivity index (χ1n) is 6.75. The summed E-state index contributed by atoms with van der Waals surface area (Å²) in [6, 6.07) is 1.92. The number of nitrogens with two attached hydrogens (primary N) is 1. The molecule has 1 aromatic rings. The molecule has 0 atom stereocenters. The lowest BCUT2D eigenvalue weighted by molar-refractivity contribution is 0.0972. The second kappa shape index (κ2) is 4.26. The summed E-state index contributed by atoms with van der Waals surface area (Å²) in [6.45, 7) is 3.31. The van der Waals surface area contributed by atoms with Crippen molar-refractivity contribution in [3.63, 3.8) is 0 Å². The summed E-state index contributed by atoms with van der Waals surface area (Å²) < 4.78 is 0. The third-order valence-corrected chi connectivity index (χ3v) is 5.31. The van der Waals surface area contributed by atoms with Gasteiger partial charge in [-0.1, -0.05) is 13.3 Å². The van der Waals surface area contributed by atoms with Crippen molar-refractivity contribution in [1.82, 2.24) is 0 Å². The first-order valence-corrected chi connectivity index (χ1v) is 7.56. The van der Waals surface area contributed by atoms with Crippen LogP contribution in [0.5, 0.6) is 0 Å². The molecule has 3 nitrogen and oxygen atoms in total. The summed E-state index contributed by atoms with van der Waals surface area (Å²) in [7, 11) is 0. The smallest absolute Gasteiger partial charge is 0.178 e. The molecular weight excluding hydrogens is 244 g/mol. The number of carbonyl (C=O) groups is 1. The van der Waals surface area contributed by atoms with E-state index in [1.54, 1.807) is 0 Å². The van der Waals surface area contributed by atoms with Gasteiger partial charge in [0.05, 0.1) is 15.6 Å². The maximum absolute atomic E-state index is 12.0. The predicted octanol–water partition coefficient (Wildman–Crippen LogP) is 3.53. The van der Waals surface area contributed by atoms with E-state index in [0.29, 0.717) is 11.1 Å². The van der Waals surface area contributed by atoms with E-state index < -0.39 is 0 Å². The Bertz CT molecular complexity index is 472. The molecule has 0 unspecified atom stereocenters. The molecule has 1 aromatic heterocycles. The van der Waals surface area contributed by atoms with Crippen LogP contribution in [0.15, 0.2) is 6.07 Å². The molecule has 4 heteroatoms. The van der Waals surface area contributed by atoms with Crippen molar-refractivity contribution < 1.29 is 4.79 Å². The number of nitrogens with one attached hydrogen (secondary N) is 1. The monoisotopic (exact) mass is 264 g/mol. The van der Waals surface area contributed by atoms with Crippen LogP contribution >= 0.6 is 11.3 Å². The predicted molar refractivity (Wildman–Crippen MR) is 76.2 cm³/mol. The van der Waals surface area contributed by atoms with Crippen molar-refractivity contribution >= 4 is 27.8 Å². The standard InChI is InChI=1S/C14H20N2OS/c1-14(5-2-6-14)8-16-11-7-10(15)13(18-11)12(17)9-3-4-9/h7,9,16H,2-6,8,15H2,1H3. The van der Waals surface area contributed by atoms with Crippen LogP contribution < -0.4 is 11.1 Å². The highest BCUT2D eigenvalue weighted by Gasteiger charge is 2.33. The molecule has 3 rings (SSSR count). The molecule has 0 bridgehead atoms. The van der Waals surface area contributed by atoms with E-state index in [2.05, 4.69) is 12.2 Å². The van der Waals surface area contributed by atoms with Crippen molar-refractivity contribution in [2.45, 2.75) is 39.0 Å². The van der Waals surface area contributed by atoms with Crippen molar-refractivity contribution in [2.75, 3.05) is 17.6 Å². The Hall–Kier alpha value is -1.03. The normalized spacial score (nSPS) is 21.4. The maximum Gasteiger partial charge on any atom is 0.178 e. The topological polar surface area (TPSA) is 55.1 Å². The number of hydrogen-bond donors (Lipinski definition) is 2. The lowest BCUT2D eigenvalue weighted by Gasteiger charge is -2.38. The van der Waals surface area contributed by atoms with Gasteiger partial charge in [-0.3, -0.25) is 4.79 Å². The van der Waals surface area contributed by atoms with Gasteiger partial charge in [0.25, 0.3) is 0 Å². The van der Waals surface area contributed by atoms with Crippen molar-refractivity contribution in [3.05, 3.63) is 10.9 Å². The first kappa shape index (κ1) is 12.0. The summed E-state index contributed by atoms with van der Waals surface area (Å²) in [5, 5.41) is 4.49. The zero-order valence-corrected chi connectivity index (χ0v) is 11.6. The number of anilines is 2. The Balaban J connectivity index is 1.65. The molecule has 0 aliphatic heterocycles. The van der Waals surface area contributed by atoms with Gasteiger partial charge in [0.2, 0.25) is 0 Å². The summed E-state index contributed by atoms with van der Waals surface area (Å²) in [5.41, 5.74) is 7.04. The van der Waals surface area contributed by atoms with E-state index in [9.17, 15) is 4.79 Å². The van der Waals surface area contributed by atoms with Gasteiger partial charge >= 0.3 is 0 Å². The summed E-state index contributed by atoms with van der Waals surface area (Å²) in [4.78, 5) is 12.8.